The number of carbonyl (C=O) groups is 1. The van der Waals surface area contributed by atoms with Crippen molar-refractivity contribution in [1.82, 2.24) is 10.2 Å². The highest BCUT2D eigenvalue weighted by atomic mass is 32.2. The maximum atomic E-state index is 12.4. The van der Waals surface area contributed by atoms with Crippen LogP contribution < -0.4 is 5.32 Å². The first-order chi connectivity index (χ1) is 10.2. The molecule has 2 amide bonds. The predicted molar refractivity (Wildman–Crippen MR) is 90.1 cm³/mol. The minimum atomic E-state index is -3.04. The average molecular weight is 345 g/mol. The lowest BCUT2D eigenvalue weighted by atomic mass is 10.1. The monoisotopic (exact) mass is 344 g/mol. The Bertz CT molecular complexity index is 652. The van der Waals surface area contributed by atoms with Gasteiger partial charge in [-0.05, 0) is 38.3 Å². The first-order valence-electron chi connectivity index (χ1n) is 7.51. The van der Waals surface area contributed by atoms with Crippen molar-refractivity contribution in [3.63, 3.8) is 0 Å². The lowest BCUT2D eigenvalue weighted by Gasteiger charge is -2.25. The van der Waals surface area contributed by atoms with Gasteiger partial charge in [0, 0.05) is 22.8 Å². The van der Waals surface area contributed by atoms with Crippen LogP contribution in [0, 0.1) is 19.8 Å². The summed E-state index contributed by atoms with van der Waals surface area (Å²) in [5.74, 6) is 0.184. The van der Waals surface area contributed by atoms with Gasteiger partial charge in [-0.25, -0.2) is 13.2 Å². The number of amides is 2. The molecule has 1 fully saturated rings. The topological polar surface area (TPSA) is 66.5 Å². The van der Waals surface area contributed by atoms with E-state index in [2.05, 4.69) is 25.2 Å². The Labute approximate surface area is 136 Å². The molecule has 1 saturated heterocycles. The van der Waals surface area contributed by atoms with Crippen LogP contribution in [-0.2, 0) is 9.84 Å². The zero-order valence-corrected chi connectivity index (χ0v) is 15.2. The molecule has 0 aliphatic carbocycles. The molecule has 0 saturated carbocycles. The SMILES string of the molecule is Cc1cc([C@H](C)NC(=O)N2CCS(=O)(=O)C[C@H](C)C2)c(C)s1. The smallest absolute Gasteiger partial charge is 0.317 e. The molecule has 0 aromatic carbocycles. The Morgan fingerprint density at radius 3 is 2.73 bits per heavy atom. The number of hydrogen-bond acceptors (Lipinski definition) is 4. The fourth-order valence-corrected chi connectivity index (χ4v) is 5.57. The van der Waals surface area contributed by atoms with Gasteiger partial charge in [-0.2, -0.15) is 0 Å². The van der Waals surface area contributed by atoms with E-state index in [4.69, 9.17) is 0 Å². The predicted octanol–water partition coefficient (Wildman–Crippen LogP) is 2.50. The second kappa shape index (κ2) is 6.58. The summed E-state index contributed by atoms with van der Waals surface area (Å²) in [5.41, 5.74) is 1.13. The number of rotatable bonds is 2. The summed E-state index contributed by atoms with van der Waals surface area (Å²) in [6, 6.07) is 1.84. The Morgan fingerprint density at radius 1 is 1.45 bits per heavy atom. The number of carbonyl (C=O) groups excluding carboxylic acids is 1. The minimum Gasteiger partial charge on any atom is -0.331 e. The van der Waals surface area contributed by atoms with E-state index in [0.717, 1.165) is 5.56 Å². The van der Waals surface area contributed by atoms with E-state index >= 15 is 0 Å². The van der Waals surface area contributed by atoms with Crippen LogP contribution in [0.2, 0.25) is 0 Å². The molecule has 5 nitrogen and oxygen atoms in total. The Hall–Kier alpha value is -1.08. The third-order valence-corrected chi connectivity index (χ3v) is 6.78. The number of aryl methyl sites for hydroxylation is 2. The van der Waals surface area contributed by atoms with Crippen molar-refractivity contribution in [2.24, 2.45) is 5.92 Å². The first-order valence-corrected chi connectivity index (χ1v) is 10.1. The molecular weight excluding hydrogens is 320 g/mol. The van der Waals surface area contributed by atoms with Crippen LogP contribution in [0.5, 0.6) is 0 Å². The average Bonchev–Trinajstić information content (AvgIpc) is 2.64. The second-order valence-corrected chi connectivity index (χ2v) is 9.89. The van der Waals surface area contributed by atoms with Crippen LogP contribution in [0.3, 0.4) is 0 Å². The van der Waals surface area contributed by atoms with E-state index in [0.29, 0.717) is 6.54 Å². The molecular formula is C15H24N2O3S2. The van der Waals surface area contributed by atoms with Gasteiger partial charge in [0.15, 0.2) is 9.84 Å². The highest BCUT2D eigenvalue weighted by Crippen LogP contribution is 2.26. The quantitative estimate of drug-likeness (QED) is 0.896. The molecule has 2 atom stereocenters. The molecule has 22 heavy (non-hydrogen) atoms. The third-order valence-electron chi connectivity index (χ3n) is 3.92. The molecule has 1 aromatic heterocycles. The summed E-state index contributed by atoms with van der Waals surface area (Å²) in [7, 11) is -3.04. The maximum Gasteiger partial charge on any atom is 0.317 e. The van der Waals surface area contributed by atoms with Gasteiger partial charge >= 0.3 is 6.03 Å². The molecule has 7 heteroatoms. The van der Waals surface area contributed by atoms with Crippen molar-refractivity contribution in [2.75, 3.05) is 24.6 Å². The van der Waals surface area contributed by atoms with Gasteiger partial charge in [-0.15, -0.1) is 11.3 Å². The summed E-state index contributed by atoms with van der Waals surface area (Å²) < 4.78 is 23.6. The van der Waals surface area contributed by atoms with Crippen LogP contribution in [0.1, 0.15) is 35.2 Å². The number of nitrogens with one attached hydrogen (secondary N) is 1. The fourth-order valence-electron chi connectivity index (χ4n) is 2.91. The second-order valence-electron chi connectivity index (χ2n) is 6.21. The highest BCUT2D eigenvalue weighted by molar-refractivity contribution is 7.91. The Morgan fingerprint density at radius 2 is 2.14 bits per heavy atom. The molecule has 0 radical (unpaired) electrons. The van der Waals surface area contributed by atoms with Gasteiger partial charge < -0.3 is 10.2 Å². The number of hydrogen-bond donors (Lipinski definition) is 1. The van der Waals surface area contributed by atoms with Gasteiger partial charge in [0.25, 0.3) is 0 Å². The van der Waals surface area contributed by atoms with Crippen molar-refractivity contribution >= 4 is 27.2 Å². The van der Waals surface area contributed by atoms with Gasteiger partial charge in [-0.3, -0.25) is 0 Å². The number of urea groups is 1. The van der Waals surface area contributed by atoms with Gasteiger partial charge in [0.05, 0.1) is 17.5 Å². The van der Waals surface area contributed by atoms with Crippen molar-refractivity contribution in [2.45, 2.75) is 33.7 Å². The summed E-state index contributed by atoms with van der Waals surface area (Å²) in [6.45, 7) is 8.70. The number of sulfone groups is 1. The minimum absolute atomic E-state index is 0.0290. The van der Waals surface area contributed by atoms with Crippen molar-refractivity contribution in [1.29, 1.82) is 0 Å². The van der Waals surface area contributed by atoms with Gasteiger partial charge in [0.2, 0.25) is 0 Å². The molecule has 0 spiro atoms. The molecule has 1 N–H and O–H groups in total. The molecule has 124 valence electrons. The van der Waals surface area contributed by atoms with Crippen molar-refractivity contribution < 1.29 is 13.2 Å². The molecule has 1 aromatic rings. The van der Waals surface area contributed by atoms with Crippen LogP contribution in [0.4, 0.5) is 4.79 Å². The fraction of sp³-hybridized carbons (Fsp3) is 0.667. The summed E-state index contributed by atoms with van der Waals surface area (Å²) in [5, 5.41) is 2.99. The normalized spacial score (nSPS) is 22.9. The maximum absolute atomic E-state index is 12.4. The number of nitrogens with zero attached hydrogens (tertiary/aromatic N) is 1. The highest BCUT2D eigenvalue weighted by Gasteiger charge is 2.27. The van der Waals surface area contributed by atoms with Crippen molar-refractivity contribution in [3.8, 4) is 0 Å². The van der Waals surface area contributed by atoms with Crippen LogP contribution in [0.25, 0.3) is 0 Å². The number of thiophene rings is 1. The summed E-state index contributed by atoms with van der Waals surface area (Å²) in [4.78, 5) is 16.5. The molecule has 2 heterocycles. The van der Waals surface area contributed by atoms with E-state index in [-0.39, 0.29) is 36.0 Å². The van der Waals surface area contributed by atoms with E-state index in [9.17, 15) is 13.2 Å². The summed E-state index contributed by atoms with van der Waals surface area (Å²) >= 11 is 1.72. The molecule has 1 aliphatic rings. The zero-order valence-electron chi connectivity index (χ0n) is 13.5. The van der Waals surface area contributed by atoms with Crippen LogP contribution >= 0.6 is 11.3 Å². The van der Waals surface area contributed by atoms with E-state index < -0.39 is 9.84 Å². The molecule has 2 rings (SSSR count). The lowest BCUT2D eigenvalue weighted by molar-refractivity contribution is 0.192. The van der Waals surface area contributed by atoms with Crippen LogP contribution in [0.15, 0.2) is 6.07 Å². The largest absolute Gasteiger partial charge is 0.331 e. The Kier molecular flexibility index (Phi) is 5.17. The van der Waals surface area contributed by atoms with Crippen molar-refractivity contribution in [3.05, 3.63) is 21.4 Å². The molecule has 1 aliphatic heterocycles. The van der Waals surface area contributed by atoms with E-state index in [1.807, 2.05) is 13.8 Å². The van der Waals surface area contributed by atoms with Gasteiger partial charge in [0.1, 0.15) is 0 Å². The van der Waals surface area contributed by atoms with E-state index in [1.165, 1.54) is 9.75 Å². The third kappa shape index (κ3) is 4.23. The van der Waals surface area contributed by atoms with Gasteiger partial charge in [-0.1, -0.05) is 6.92 Å². The van der Waals surface area contributed by atoms with E-state index in [1.54, 1.807) is 16.2 Å². The lowest BCUT2D eigenvalue weighted by Crippen LogP contribution is -2.43. The summed E-state index contributed by atoms with van der Waals surface area (Å²) in [6.07, 6.45) is 0. The zero-order chi connectivity index (χ0) is 16.5. The standard InChI is InChI=1S/C15H24N2O3S2/c1-10-8-17(5-6-22(19,20)9-10)15(18)16-12(3)14-7-11(2)21-13(14)4/h7,10,12H,5-6,8-9H2,1-4H3,(H,16,18)/t10-,12+/m1/s1. The van der Waals surface area contributed by atoms with Crippen LogP contribution in [-0.4, -0.2) is 43.9 Å². The molecule has 0 bridgehead atoms. The molecule has 0 unspecified atom stereocenters. The first kappa shape index (κ1) is 17.3. The Balaban J connectivity index is 2.04.